The van der Waals surface area contributed by atoms with E-state index in [0.29, 0.717) is 24.6 Å². The fourth-order valence-electron chi connectivity index (χ4n) is 2.96. The molecule has 0 spiro atoms. The highest BCUT2D eigenvalue weighted by Gasteiger charge is 2.17. The molecule has 0 aromatic heterocycles. The van der Waals surface area contributed by atoms with Crippen LogP contribution in [0.15, 0.2) is 47.6 Å². The van der Waals surface area contributed by atoms with Gasteiger partial charge in [0.2, 0.25) is 0 Å². The molecular weight excluding hydrogens is 360 g/mol. The van der Waals surface area contributed by atoms with Gasteiger partial charge in [-0.05, 0) is 66.5 Å². The van der Waals surface area contributed by atoms with Gasteiger partial charge < -0.3 is 9.64 Å². The minimum atomic E-state index is 0.0872. The van der Waals surface area contributed by atoms with E-state index >= 15 is 0 Å². The minimum Gasteiger partial charge on any atom is -0.491 e. The standard InChI is InChI=1S/C21H25ClN4O/c1-3-5-17-14-19(8-11-21(17)25-24)26(13-4-12-23)16(2)15-27-20-9-6-18(22)7-10-20/h6-11,14,16,24H,3-5,13,15H2,1-2H3/p+1. The average Bonchev–Trinajstić information content (AvgIpc) is 2.68. The number of halogens is 1. The molecule has 2 N–H and O–H groups in total. The molecule has 0 saturated heterocycles. The van der Waals surface area contributed by atoms with E-state index in [4.69, 9.17) is 27.1 Å². The highest BCUT2D eigenvalue weighted by molar-refractivity contribution is 6.30. The largest absolute Gasteiger partial charge is 0.491 e. The molecule has 0 aliphatic heterocycles. The van der Waals surface area contributed by atoms with Crippen LogP contribution in [-0.2, 0) is 6.42 Å². The molecule has 0 heterocycles. The number of rotatable bonds is 10. The zero-order chi connectivity index (χ0) is 19.6. The number of ether oxygens (including phenoxy) is 1. The van der Waals surface area contributed by atoms with Gasteiger partial charge in [0.15, 0.2) is 0 Å². The molecule has 2 rings (SSSR count). The van der Waals surface area contributed by atoms with E-state index in [2.05, 4.69) is 36.0 Å². The lowest BCUT2D eigenvalue weighted by Crippen LogP contribution is -2.38. The number of benzene rings is 2. The molecule has 0 radical (unpaired) electrons. The smallest absolute Gasteiger partial charge is 0.133 e. The molecule has 142 valence electrons. The quantitative estimate of drug-likeness (QED) is 0.619. The SMILES string of the molecule is CCCc1cc(N(CCC#N)C(C)COc2ccc(Cl)cc2)ccc1N=[NH2+]. The molecule has 5 nitrogen and oxygen atoms in total. The van der Waals surface area contributed by atoms with Crippen LogP contribution < -0.4 is 15.2 Å². The summed E-state index contributed by atoms with van der Waals surface area (Å²) in [6.45, 7) is 5.35. The van der Waals surface area contributed by atoms with Gasteiger partial charge in [0.25, 0.3) is 0 Å². The molecule has 6 heteroatoms. The van der Waals surface area contributed by atoms with E-state index in [1.165, 1.54) is 0 Å². The first kappa shape index (κ1) is 20.7. The molecule has 2 aromatic rings. The second kappa shape index (κ2) is 10.5. The fourth-order valence-corrected chi connectivity index (χ4v) is 3.08. The van der Waals surface area contributed by atoms with Gasteiger partial charge in [-0.1, -0.05) is 24.9 Å². The van der Waals surface area contributed by atoms with Crippen LogP contribution in [0.5, 0.6) is 5.75 Å². The lowest BCUT2D eigenvalue weighted by atomic mass is 10.1. The summed E-state index contributed by atoms with van der Waals surface area (Å²) in [5, 5.41) is 13.6. The van der Waals surface area contributed by atoms with Crippen LogP contribution in [0.3, 0.4) is 0 Å². The Kier molecular flexibility index (Phi) is 8.09. The highest BCUT2D eigenvalue weighted by atomic mass is 35.5. The van der Waals surface area contributed by atoms with Crippen LogP contribution in [0.4, 0.5) is 11.4 Å². The van der Waals surface area contributed by atoms with E-state index in [0.717, 1.165) is 35.5 Å². The summed E-state index contributed by atoms with van der Waals surface area (Å²) in [5.41, 5.74) is 8.49. The summed E-state index contributed by atoms with van der Waals surface area (Å²) in [7, 11) is 0. The Morgan fingerprint density at radius 2 is 2.00 bits per heavy atom. The van der Waals surface area contributed by atoms with E-state index in [9.17, 15) is 0 Å². The molecule has 0 aliphatic carbocycles. The molecule has 1 atom stereocenters. The number of nitriles is 1. The zero-order valence-electron chi connectivity index (χ0n) is 15.9. The lowest BCUT2D eigenvalue weighted by molar-refractivity contribution is -0.210. The van der Waals surface area contributed by atoms with Crippen molar-refractivity contribution < 1.29 is 10.3 Å². The van der Waals surface area contributed by atoms with E-state index in [1.807, 2.05) is 24.3 Å². The second-order valence-corrected chi connectivity index (χ2v) is 6.84. The summed E-state index contributed by atoms with van der Waals surface area (Å²) in [6.07, 6.45) is 2.36. The third-order valence-electron chi connectivity index (χ3n) is 4.35. The van der Waals surface area contributed by atoms with Crippen LogP contribution in [0, 0.1) is 11.3 Å². The third kappa shape index (κ3) is 5.97. The van der Waals surface area contributed by atoms with Gasteiger partial charge in [0.05, 0.1) is 18.5 Å². The van der Waals surface area contributed by atoms with Crippen LogP contribution in [0.1, 0.15) is 32.3 Å². The summed E-state index contributed by atoms with van der Waals surface area (Å²) in [6, 6.07) is 15.7. The van der Waals surface area contributed by atoms with Gasteiger partial charge in [-0.15, -0.1) is 0 Å². The van der Waals surface area contributed by atoms with Crippen molar-refractivity contribution in [3.63, 3.8) is 0 Å². The minimum absolute atomic E-state index is 0.0872. The topological polar surface area (TPSA) is 74.2 Å². The Balaban J connectivity index is 2.17. The number of nitrogens with zero attached hydrogens (tertiary/aromatic N) is 3. The first-order valence-electron chi connectivity index (χ1n) is 9.14. The highest BCUT2D eigenvalue weighted by Crippen LogP contribution is 2.27. The van der Waals surface area contributed by atoms with Crippen LogP contribution >= 0.6 is 11.6 Å². The number of anilines is 1. The molecule has 0 aliphatic rings. The number of hydrogen-bond acceptors (Lipinski definition) is 4. The molecular formula is C21H26ClN4O+. The fraction of sp³-hybridized carbons (Fsp3) is 0.381. The Morgan fingerprint density at radius 1 is 1.26 bits per heavy atom. The normalized spacial score (nSPS) is 11.5. The summed E-state index contributed by atoms with van der Waals surface area (Å²) in [5.74, 6) is 0.774. The van der Waals surface area contributed by atoms with E-state index in [-0.39, 0.29) is 6.04 Å². The predicted molar refractivity (Wildman–Crippen MR) is 108 cm³/mol. The monoisotopic (exact) mass is 385 g/mol. The van der Waals surface area contributed by atoms with Gasteiger partial charge in [-0.3, -0.25) is 0 Å². The van der Waals surface area contributed by atoms with Crippen molar-refractivity contribution in [2.75, 3.05) is 18.1 Å². The van der Waals surface area contributed by atoms with Crippen molar-refractivity contribution in [1.82, 2.24) is 0 Å². The van der Waals surface area contributed by atoms with E-state index in [1.54, 1.807) is 12.1 Å². The summed E-state index contributed by atoms with van der Waals surface area (Å²) >= 11 is 5.92. The maximum atomic E-state index is 9.05. The van der Waals surface area contributed by atoms with E-state index < -0.39 is 0 Å². The maximum Gasteiger partial charge on any atom is 0.133 e. The van der Waals surface area contributed by atoms with Crippen LogP contribution in [0.25, 0.3) is 0 Å². The van der Waals surface area contributed by atoms with Gasteiger partial charge >= 0.3 is 0 Å². The number of aryl methyl sites for hydroxylation is 1. The van der Waals surface area contributed by atoms with Crippen LogP contribution in [0.2, 0.25) is 5.02 Å². The predicted octanol–water partition coefficient (Wildman–Crippen LogP) is 4.32. The average molecular weight is 386 g/mol. The van der Waals surface area contributed by atoms with Gasteiger partial charge in [0, 0.05) is 17.3 Å². The molecule has 0 fully saturated rings. The van der Waals surface area contributed by atoms with Gasteiger partial charge in [-0.2, -0.15) is 10.8 Å². The van der Waals surface area contributed by atoms with Crippen LogP contribution in [-0.4, -0.2) is 19.2 Å². The zero-order valence-corrected chi connectivity index (χ0v) is 16.6. The lowest BCUT2D eigenvalue weighted by Gasteiger charge is -2.31. The van der Waals surface area contributed by atoms with Gasteiger partial charge in [-0.25, -0.2) is 0 Å². The molecule has 0 amide bonds. The molecule has 2 aromatic carbocycles. The Labute approximate surface area is 166 Å². The van der Waals surface area contributed by atoms with Crippen molar-refractivity contribution in [2.24, 2.45) is 5.11 Å². The second-order valence-electron chi connectivity index (χ2n) is 6.41. The van der Waals surface area contributed by atoms with Crippen molar-refractivity contribution in [3.05, 3.63) is 53.1 Å². The maximum absolute atomic E-state index is 9.05. The summed E-state index contributed by atoms with van der Waals surface area (Å²) in [4.78, 5) is 2.19. The Hall–Kier alpha value is -2.58. The van der Waals surface area contributed by atoms with Gasteiger partial charge in [0.1, 0.15) is 18.0 Å². The first-order valence-corrected chi connectivity index (χ1v) is 9.52. The van der Waals surface area contributed by atoms with Crippen molar-refractivity contribution in [1.29, 1.82) is 5.26 Å². The molecule has 0 saturated carbocycles. The van der Waals surface area contributed by atoms with Crippen molar-refractivity contribution in [2.45, 2.75) is 39.2 Å². The van der Waals surface area contributed by atoms with Crippen molar-refractivity contribution in [3.8, 4) is 11.8 Å². The number of nitrogens with two attached hydrogens (primary N) is 1. The number of hydrogen-bond donors (Lipinski definition) is 1. The molecule has 1 unspecified atom stereocenters. The van der Waals surface area contributed by atoms with Crippen molar-refractivity contribution >= 4 is 23.0 Å². The summed E-state index contributed by atoms with van der Waals surface area (Å²) < 4.78 is 5.91. The Bertz CT molecular complexity index is 786. The first-order chi connectivity index (χ1) is 13.1. The molecule has 27 heavy (non-hydrogen) atoms. The Morgan fingerprint density at radius 3 is 2.63 bits per heavy atom. The molecule has 0 bridgehead atoms. The third-order valence-corrected chi connectivity index (χ3v) is 4.61.